The highest BCUT2D eigenvalue weighted by Gasteiger charge is 2.25. The van der Waals surface area contributed by atoms with Crippen LogP contribution in [0.25, 0.3) is 12.2 Å². The van der Waals surface area contributed by atoms with E-state index in [0.29, 0.717) is 24.2 Å². The van der Waals surface area contributed by atoms with E-state index in [1.807, 2.05) is 97.9 Å². The molecule has 38 heavy (non-hydrogen) atoms. The second-order valence-electron chi connectivity index (χ2n) is 9.22. The SMILES string of the molecule is CCCC(CCC(=O)c1cccc(/C=C/c2ccccc2)c1)C(=O)N[C@@H](CSCc1ccccc1)C(=O)O. The Balaban J connectivity index is 1.55. The molecule has 0 spiro atoms. The number of benzene rings is 3. The molecular formula is C32H35NO4S. The van der Waals surface area contributed by atoms with E-state index in [1.165, 1.54) is 11.8 Å². The first-order valence-corrected chi connectivity index (χ1v) is 14.1. The number of nitrogens with one attached hydrogen (secondary N) is 1. The minimum Gasteiger partial charge on any atom is -0.480 e. The van der Waals surface area contributed by atoms with Crippen LogP contribution < -0.4 is 5.32 Å². The minimum atomic E-state index is -1.05. The Hall–Kier alpha value is -3.64. The number of Topliss-reactive ketones (excluding diaryl/α,β-unsaturated/α-hetero) is 1. The lowest BCUT2D eigenvalue weighted by molar-refractivity contribution is -0.141. The molecule has 0 fully saturated rings. The number of ketones is 1. The smallest absolute Gasteiger partial charge is 0.327 e. The number of thioether (sulfide) groups is 1. The summed E-state index contributed by atoms with van der Waals surface area (Å²) in [5, 5.41) is 12.4. The van der Waals surface area contributed by atoms with E-state index in [9.17, 15) is 19.5 Å². The molecule has 2 atom stereocenters. The largest absolute Gasteiger partial charge is 0.480 e. The summed E-state index contributed by atoms with van der Waals surface area (Å²) < 4.78 is 0. The Morgan fingerprint density at radius 2 is 1.53 bits per heavy atom. The second kappa shape index (κ2) is 15.6. The number of carbonyl (C=O) groups excluding carboxylic acids is 2. The minimum absolute atomic E-state index is 0.0259. The van der Waals surface area contributed by atoms with Gasteiger partial charge >= 0.3 is 5.97 Å². The van der Waals surface area contributed by atoms with E-state index < -0.39 is 17.9 Å². The van der Waals surface area contributed by atoms with Gasteiger partial charge < -0.3 is 10.4 Å². The topological polar surface area (TPSA) is 83.5 Å². The molecule has 0 aliphatic carbocycles. The number of carboxylic acids is 1. The number of carbonyl (C=O) groups is 3. The Bertz CT molecular complexity index is 1210. The van der Waals surface area contributed by atoms with Crippen molar-refractivity contribution in [1.82, 2.24) is 5.32 Å². The summed E-state index contributed by atoms with van der Waals surface area (Å²) in [6.07, 6.45) is 5.95. The third kappa shape index (κ3) is 9.67. The van der Waals surface area contributed by atoms with Gasteiger partial charge in [0.15, 0.2) is 5.78 Å². The van der Waals surface area contributed by atoms with Gasteiger partial charge in [0.2, 0.25) is 5.91 Å². The standard InChI is InChI=1S/C32H35NO4S/c1-2-10-27(31(35)33-29(32(36)37)23-38-22-26-13-7-4-8-14-26)19-20-30(34)28-16-9-15-25(21-28)18-17-24-11-5-3-6-12-24/h3-9,11-18,21,27,29H,2,10,19-20,22-23H2,1H3,(H,33,35)(H,36,37)/b18-17+/t27?,29-/m0/s1. The van der Waals surface area contributed by atoms with E-state index in [4.69, 9.17) is 0 Å². The summed E-state index contributed by atoms with van der Waals surface area (Å²) in [6.45, 7) is 1.98. The fraction of sp³-hybridized carbons (Fsp3) is 0.281. The van der Waals surface area contributed by atoms with E-state index >= 15 is 0 Å². The lowest BCUT2D eigenvalue weighted by Gasteiger charge is -2.20. The highest BCUT2D eigenvalue weighted by molar-refractivity contribution is 7.98. The maximum Gasteiger partial charge on any atom is 0.327 e. The molecule has 1 unspecified atom stereocenters. The first-order chi connectivity index (χ1) is 18.5. The zero-order valence-electron chi connectivity index (χ0n) is 21.7. The highest BCUT2D eigenvalue weighted by Crippen LogP contribution is 2.19. The summed E-state index contributed by atoms with van der Waals surface area (Å²) in [7, 11) is 0. The summed E-state index contributed by atoms with van der Waals surface area (Å²) in [6, 6.07) is 26.3. The van der Waals surface area contributed by atoms with E-state index in [0.717, 1.165) is 23.1 Å². The molecule has 1 amide bonds. The van der Waals surface area contributed by atoms with Gasteiger partial charge in [0.05, 0.1) is 0 Å². The molecule has 0 heterocycles. The predicted octanol–water partition coefficient (Wildman–Crippen LogP) is 6.74. The van der Waals surface area contributed by atoms with Gasteiger partial charge in [-0.15, -0.1) is 0 Å². The van der Waals surface area contributed by atoms with Crippen LogP contribution in [0, 0.1) is 5.92 Å². The van der Waals surface area contributed by atoms with Crippen molar-refractivity contribution >= 4 is 41.6 Å². The van der Waals surface area contributed by atoms with Gasteiger partial charge in [-0.3, -0.25) is 9.59 Å². The van der Waals surface area contributed by atoms with E-state index in [1.54, 1.807) is 6.07 Å². The first kappa shape index (κ1) is 28.9. The number of aliphatic carboxylic acids is 1. The molecular weight excluding hydrogens is 494 g/mol. The molecule has 3 aromatic rings. The highest BCUT2D eigenvalue weighted by atomic mass is 32.2. The maximum atomic E-state index is 13.0. The van der Waals surface area contributed by atoms with Gasteiger partial charge in [0, 0.05) is 29.4 Å². The fourth-order valence-corrected chi connectivity index (χ4v) is 5.12. The molecule has 0 radical (unpaired) electrons. The average molecular weight is 530 g/mol. The first-order valence-electron chi connectivity index (χ1n) is 13.0. The molecule has 3 rings (SSSR count). The molecule has 0 saturated carbocycles. The Kier molecular flexibility index (Phi) is 11.9. The van der Waals surface area contributed by atoms with Crippen LogP contribution in [0.4, 0.5) is 0 Å². The number of hydrogen-bond donors (Lipinski definition) is 2. The van der Waals surface area contributed by atoms with Crippen LogP contribution in [-0.4, -0.2) is 34.6 Å². The lowest BCUT2D eigenvalue weighted by atomic mass is 9.93. The van der Waals surface area contributed by atoms with Crippen LogP contribution in [0.15, 0.2) is 84.9 Å². The average Bonchev–Trinajstić information content (AvgIpc) is 2.94. The molecule has 0 aliphatic rings. The van der Waals surface area contributed by atoms with Gasteiger partial charge in [0.1, 0.15) is 6.04 Å². The quantitative estimate of drug-likeness (QED) is 0.168. The van der Waals surface area contributed by atoms with Crippen LogP contribution in [0.2, 0.25) is 0 Å². The molecule has 198 valence electrons. The third-order valence-corrected chi connectivity index (χ3v) is 7.32. The molecule has 3 aromatic carbocycles. The molecule has 6 heteroatoms. The van der Waals surface area contributed by atoms with Crippen LogP contribution >= 0.6 is 11.8 Å². The summed E-state index contributed by atoms with van der Waals surface area (Å²) in [5.74, 6) is -0.838. The Morgan fingerprint density at radius 1 is 0.868 bits per heavy atom. The molecule has 0 aliphatic heterocycles. The van der Waals surface area contributed by atoms with Crippen LogP contribution in [0.5, 0.6) is 0 Å². The van der Waals surface area contributed by atoms with Crippen molar-refractivity contribution in [2.45, 2.75) is 44.4 Å². The number of hydrogen-bond acceptors (Lipinski definition) is 4. The number of amides is 1. The van der Waals surface area contributed by atoms with Crippen LogP contribution in [0.3, 0.4) is 0 Å². The van der Waals surface area contributed by atoms with Gasteiger partial charge in [-0.05, 0) is 35.6 Å². The van der Waals surface area contributed by atoms with Gasteiger partial charge in [-0.2, -0.15) is 11.8 Å². The number of rotatable bonds is 15. The normalized spacial score (nSPS) is 12.7. The van der Waals surface area contributed by atoms with Crippen molar-refractivity contribution < 1.29 is 19.5 Å². The lowest BCUT2D eigenvalue weighted by Crippen LogP contribution is -2.45. The molecule has 2 N–H and O–H groups in total. The predicted molar refractivity (Wildman–Crippen MR) is 156 cm³/mol. The van der Waals surface area contributed by atoms with Crippen molar-refractivity contribution in [2.24, 2.45) is 5.92 Å². The molecule has 0 saturated heterocycles. The van der Waals surface area contributed by atoms with Crippen molar-refractivity contribution in [3.8, 4) is 0 Å². The van der Waals surface area contributed by atoms with Gasteiger partial charge in [-0.25, -0.2) is 4.79 Å². The van der Waals surface area contributed by atoms with E-state index in [2.05, 4.69) is 5.32 Å². The van der Waals surface area contributed by atoms with Gasteiger partial charge in [-0.1, -0.05) is 104 Å². The molecule has 5 nitrogen and oxygen atoms in total. The molecule has 0 bridgehead atoms. The molecule has 0 aromatic heterocycles. The Labute approximate surface area is 229 Å². The van der Waals surface area contributed by atoms with Crippen molar-refractivity contribution in [3.05, 3.63) is 107 Å². The van der Waals surface area contributed by atoms with E-state index in [-0.39, 0.29) is 23.9 Å². The second-order valence-corrected chi connectivity index (χ2v) is 10.2. The zero-order chi connectivity index (χ0) is 27.2. The van der Waals surface area contributed by atoms with Crippen molar-refractivity contribution in [2.75, 3.05) is 5.75 Å². The summed E-state index contributed by atoms with van der Waals surface area (Å²) >= 11 is 1.47. The maximum absolute atomic E-state index is 13.0. The van der Waals surface area contributed by atoms with Crippen LogP contribution in [0.1, 0.15) is 59.7 Å². The summed E-state index contributed by atoms with van der Waals surface area (Å²) in [5.41, 5.74) is 3.72. The summed E-state index contributed by atoms with van der Waals surface area (Å²) in [4.78, 5) is 37.8. The fourth-order valence-electron chi connectivity index (χ4n) is 4.11. The van der Waals surface area contributed by atoms with Crippen molar-refractivity contribution in [1.29, 1.82) is 0 Å². The van der Waals surface area contributed by atoms with Crippen molar-refractivity contribution in [3.63, 3.8) is 0 Å². The monoisotopic (exact) mass is 529 g/mol. The third-order valence-electron chi connectivity index (χ3n) is 6.21. The zero-order valence-corrected chi connectivity index (χ0v) is 22.5. The number of carboxylic acid groups (broad SMARTS) is 1. The van der Waals surface area contributed by atoms with Crippen LogP contribution in [-0.2, 0) is 15.3 Å². The van der Waals surface area contributed by atoms with Gasteiger partial charge in [0.25, 0.3) is 0 Å². The Morgan fingerprint density at radius 3 is 2.21 bits per heavy atom.